The maximum absolute atomic E-state index is 12.0. The Morgan fingerprint density at radius 2 is 1.86 bits per heavy atom. The second-order valence-corrected chi connectivity index (χ2v) is 6.49. The number of nitrogens with one attached hydrogen (secondary N) is 1. The molecule has 1 aromatic heterocycles. The first-order chi connectivity index (χ1) is 9.98. The van der Waals surface area contributed by atoms with E-state index in [9.17, 15) is 8.42 Å². The lowest BCUT2D eigenvalue weighted by Crippen LogP contribution is -2.24. The van der Waals surface area contributed by atoms with Crippen LogP contribution >= 0.6 is 11.6 Å². The fourth-order valence-electron chi connectivity index (χ4n) is 1.78. The van der Waals surface area contributed by atoms with Crippen LogP contribution in [0.2, 0.25) is 5.02 Å². The molecule has 0 radical (unpaired) electrons. The summed E-state index contributed by atoms with van der Waals surface area (Å²) in [4.78, 5) is 3.90. The summed E-state index contributed by atoms with van der Waals surface area (Å²) in [6, 6.07) is 10.2. The van der Waals surface area contributed by atoms with Crippen molar-refractivity contribution in [3.05, 3.63) is 70.3 Å². The SMILES string of the molecule is C[C@H](NS(=O)(=O)/C=C\c1ccccc1Cl)c1ccncc1. The summed E-state index contributed by atoms with van der Waals surface area (Å²) in [5, 5.41) is 1.62. The molecule has 2 aromatic rings. The number of aromatic nitrogens is 1. The molecule has 0 aliphatic carbocycles. The third-order valence-electron chi connectivity index (χ3n) is 2.88. The van der Waals surface area contributed by atoms with Gasteiger partial charge in [0.2, 0.25) is 10.0 Å². The molecule has 21 heavy (non-hydrogen) atoms. The van der Waals surface area contributed by atoms with Crippen LogP contribution in [0.5, 0.6) is 0 Å². The highest BCUT2D eigenvalue weighted by molar-refractivity contribution is 7.92. The van der Waals surface area contributed by atoms with E-state index in [1.54, 1.807) is 55.7 Å². The Hall–Kier alpha value is -1.69. The quantitative estimate of drug-likeness (QED) is 0.918. The molecule has 1 heterocycles. The summed E-state index contributed by atoms with van der Waals surface area (Å²) < 4.78 is 26.7. The van der Waals surface area contributed by atoms with Gasteiger partial charge in [-0.05, 0) is 42.3 Å². The molecule has 1 atom stereocenters. The van der Waals surface area contributed by atoms with Crippen LogP contribution in [0.4, 0.5) is 0 Å². The molecule has 0 fully saturated rings. The van der Waals surface area contributed by atoms with E-state index in [1.807, 2.05) is 0 Å². The topological polar surface area (TPSA) is 59.1 Å². The maximum Gasteiger partial charge on any atom is 0.234 e. The Morgan fingerprint density at radius 1 is 1.19 bits per heavy atom. The van der Waals surface area contributed by atoms with Crippen LogP contribution in [0, 0.1) is 0 Å². The van der Waals surface area contributed by atoms with Gasteiger partial charge in [-0.15, -0.1) is 0 Å². The highest BCUT2D eigenvalue weighted by atomic mass is 35.5. The zero-order valence-electron chi connectivity index (χ0n) is 11.4. The fraction of sp³-hybridized carbons (Fsp3) is 0.133. The van der Waals surface area contributed by atoms with Crippen molar-refractivity contribution >= 4 is 27.7 Å². The Bertz CT molecular complexity index is 730. The van der Waals surface area contributed by atoms with Crippen molar-refractivity contribution in [1.82, 2.24) is 9.71 Å². The van der Waals surface area contributed by atoms with Crippen molar-refractivity contribution in [2.75, 3.05) is 0 Å². The van der Waals surface area contributed by atoms with Crippen molar-refractivity contribution in [2.24, 2.45) is 0 Å². The summed E-state index contributed by atoms with van der Waals surface area (Å²) in [6.07, 6.45) is 4.73. The Labute approximate surface area is 129 Å². The number of hydrogen-bond donors (Lipinski definition) is 1. The Balaban J connectivity index is 2.11. The molecule has 0 amide bonds. The minimum absolute atomic E-state index is 0.339. The molecule has 4 nitrogen and oxygen atoms in total. The maximum atomic E-state index is 12.0. The number of rotatable bonds is 5. The second-order valence-electron chi connectivity index (χ2n) is 4.49. The molecule has 0 aliphatic heterocycles. The fourth-order valence-corrected chi connectivity index (χ4v) is 3.01. The van der Waals surface area contributed by atoms with Gasteiger partial charge in [-0.3, -0.25) is 4.98 Å². The van der Waals surface area contributed by atoms with Gasteiger partial charge in [-0.1, -0.05) is 29.8 Å². The number of pyridine rings is 1. The third-order valence-corrected chi connectivity index (χ3v) is 4.40. The first-order valence-electron chi connectivity index (χ1n) is 6.33. The van der Waals surface area contributed by atoms with Crippen molar-refractivity contribution in [3.63, 3.8) is 0 Å². The van der Waals surface area contributed by atoms with Crippen LogP contribution < -0.4 is 4.72 Å². The summed E-state index contributed by atoms with van der Waals surface area (Å²) in [6.45, 7) is 1.77. The molecule has 0 saturated heterocycles. The standard InChI is InChI=1S/C15H15ClN2O2S/c1-12(13-6-9-17-10-7-13)18-21(19,20)11-8-14-4-2-3-5-15(14)16/h2-12,18H,1H3/b11-8-/t12-/m0/s1. The van der Waals surface area contributed by atoms with E-state index in [4.69, 9.17) is 11.6 Å². The Kier molecular flexibility index (Phi) is 5.12. The minimum Gasteiger partial charge on any atom is -0.265 e. The molecule has 0 aliphatic rings. The van der Waals surface area contributed by atoms with Crippen LogP contribution in [0.15, 0.2) is 54.2 Å². The second kappa shape index (κ2) is 6.85. The highest BCUT2D eigenvalue weighted by Crippen LogP contribution is 2.17. The third kappa shape index (κ3) is 4.67. The summed E-state index contributed by atoms with van der Waals surface area (Å²) in [5.74, 6) is 0. The molecule has 0 spiro atoms. The summed E-state index contributed by atoms with van der Waals surface area (Å²) in [5.41, 5.74) is 1.50. The van der Waals surface area contributed by atoms with E-state index in [0.29, 0.717) is 10.6 Å². The van der Waals surface area contributed by atoms with E-state index in [2.05, 4.69) is 9.71 Å². The van der Waals surface area contributed by atoms with Crippen molar-refractivity contribution in [3.8, 4) is 0 Å². The van der Waals surface area contributed by atoms with Crippen LogP contribution in [-0.2, 0) is 10.0 Å². The normalized spacial score (nSPS) is 13.4. The van der Waals surface area contributed by atoms with Crippen LogP contribution in [0.1, 0.15) is 24.1 Å². The lowest BCUT2D eigenvalue weighted by Gasteiger charge is -2.12. The summed E-state index contributed by atoms with van der Waals surface area (Å²) in [7, 11) is -3.55. The molecule has 0 unspecified atom stereocenters. The lowest BCUT2D eigenvalue weighted by molar-refractivity contribution is 0.576. The molecular weight excluding hydrogens is 308 g/mol. The average Bonchev–Trinajstić information content (AvgIpc) is 2.47. The number of hydrogen-bond acceptors (Lipinski definition) is 3. The molecule has 1 N–H and O–H groups in total. The van der Waals surface area contributed by atoms with Crippen molar-refractivity contribution in [2.45, 2.75) is 13.0 Å². The average molecular weight is 323 g/mol. The largest absolute Gasteiger partial charge is 0.265 e. The van der Waals surface area contributed by atoms with Gasteiger partial charge in [-0.2, -0.15) is 0 Å². The predicted octanol–water partition coefficient (Wildman–Crippen LogP) is 3.39. The number of benzene rings is 1. The molecule has 0 saturated carbocycles. The highest BCUT2D eigenvalue weighted by Gasteiger charge is 2.12. The number of nitrogens with zero attached hydrogens (tertiary/aromatic N) is 1. The Morgan fingerprint density at radius 3 is 2.52 bits per heavy atom. The molecule has 0 bridgehead atoms. The van der Waals surface area contributed by atoms with Crippen LogP contribution in [0.25, 0.3) is 6.08 Å². The zero-order chi connectivity index (χ0) is 15.3. The van der Waals surface area contributed by atoms with Gasteiger partial charge in [0.05, 0.1) is 0 Å². The van der Waals surface area contributed by atoms with E-state index < -0.39 is 10.0 Å². The molecular formula is C15H15ClN2O2S. The minimum atomic E-state index is -3.55. The lowest BCUT2D eigenvalue weighted by atomic mass is 10.1. The van der Waals surface area contributed by atoms with Crippen molar-refractivity contribution in [1.29, 1.82) is 0 Å². The smallest absolute Gasteiger partial charge is 0.234 e. The predicted molar refractivity (Wildman–Crippen MR) is 85.2 cm³/mol. The van der Waals surface area contributed by atoms with Crippen molar-refractivity contribution < 1.29 is 8.42 Å². The van der Waals surface area contributed by atoms with Gasteiger partial charge in [-0.25, -0.2) is 13.1 Å². The monoisotopic (exact) mass is 322 g/mol. The van der Waals surface area contributed by atoms with Gasteiger partial charge in [0.25, 0.3) is 0 Å². The van der Waals surface area contributed by atoms with E-state index in [-0.39, 0.29) is 6.04 Å². The van der Waals surface area contributed by atoms with Gasteiger partial charge < -0.3 is 0 Å². The van der Waals surface area contributed by atoms with E-state index in [1.165, 1.54) is 6.08 Å². The first kappa shape index (κ1) is 15.7. The number of sulfonamides is 1. The van der Waals surface area contributed by atoms with Crippen LogP contribution in [-0.4, -0.2) is 13.4 Å². The van der Waals surface area contributed by atoms with E-state index >= 15 is 0 Å². The molecule has 2 rings (SSSR count). The summed E-state index contributed by atoms with van der Waals surface area (Å²) >= 11 is 5.98. The van der Waals surface area contributed by atoms with Gasteiger partial charge >= 0.3 is 0 Å². The molecule has 110 valence electrons. The van der Waals surface area contributed by atoms with E-state index in [0.717, 1.165) is 11.0 Å². The molecule has 6 heteroatoms. The number of halogens is 1. The van der Waals surface area contributed by atoms with Crippen LogP contribution in [0.3, 0.4) is 0 Å². The first-order valence-corrected chi connectivity index (χ1v) is 8.25. The van der Waals surface area contributed by atoms with Gasteiger partial charge in [0, 0.05) is 28.9 Å². The van der Waals surface area contributed by atoms with Gasteiger partial charge in [0.1, 0.15) is 0 Å². The van der Waals surface area contributed by atoms with Gasteiger partial charge in [0.15, 0.2) is 0 Å². The molecule has 1 aromatic carbocycles. The zero-order valence-corrected chi connectivity index (χ0v) is 13.0.